The fourth-order valence-corrected chi connectivity index (χ4v) is 1.86. The zero-order valence-corrected chi connectivity index (χ0v) is 11.3. The van der Waals surface area contributed by atoms with Crippen molar-refractivity contribution in [1.29, 1.82) is 0 Å². The molecule has 0 spiro atoms. The highest BCUT2D eigenvalue weighted by Gasteiger charge is 2.20. The van der Waals surface area contributed by atoms with Crippen molar-refractivity contribution in [1.82, 2.24) is 9.55 Å². The zero-order chi connectivity index (χ0) is 14.9. The van der Waals surface area contributed by atoms with E-state index >= 15 is 0 Å². The number of hydrogen-bond acceptors (Lipinski definition) is 5. The standard InChI is InChI=1S/C13H13N3O4/c1-8-9(2)15(7-14-8)12-6-10(13(17)20-3)4-5-11(12)16(18)19/h4-7H,1-3H3. The number of methoxy groups -OCH3 is 1. The summed E-state index contributed by atoms with van der Waals surface area (Å²) in [6.07, 6.45) is 1.49. The van der Waals surface area contributed by atoms with E-state index in [1.807, 2.05) is 6.92 Å². The Bertz CT molecular complexity index is 691. The quantitative estimate of drug-likeness (QED) is 0.486. The molecular weight excluding hydrogens is 262 g/mol. The zero-order valence-electron chi connectivity index (χ0n) is 11.3. The van der Waals surface area contributed by atoms with Gasteiger partial charge in [-0.1, -0.05) is 0 Å². The van der Waals surface area contributed by atoms with Crippen LogP contribution < -0.4 is 0 Å². The van der Waals surface area contributed by atoms with Crippen LogP contribution in [0.3, 0.4) is 0 Å². The molecule has 0 atom stereocenters. The maximum atomic E-state index is 11.6. The smallest absolute Gasteiger partial charge is 0.337 e. The maximum absolute atomic E-state index is 11.6. The first-order valence-corrected chi connectivity index (χ1v) is 5.83. The molecule has 0 saturated carbocycles. The second kappa shape index (κ2) is 5.12. The summed E-state index contributed by atoms with van der Waals surface area (Å²) in [5.74, 6) is -0.546. The van der Waals surface area contributed by atoms with Crippen molar-refractivity contribution in [3.05, 3.63) is 51.6 Å². The van der Waals surface area contributed by atoms with Crippen LogP contribution in [0.4, 0.5) is 5.69 Å². The molecule has 0 unspecified atom stereocenters. The summed E-state index contributed by atoms with van der Waals surface area (Å²) in [5.41, 5.74) is 1.98. The largest absolute Gasteiger partial charge is 0.465 e. The summed E-state index contributed by atoms with van der Waals surface area (Å²) in [6, 6.07) is 4.08. The molecule has 1 aromatic heterocycles. The van der Waals surface area contributed by atoms with Crippen LogP contribution in [-0.4, -0.2) is 27.6 Å². The highest BCUT2D eigenvalue weighted by Crippen LogP contribution is 2.26. The second-order valence-corrected chi connectivity index (χ2v) is 4.24. The Kier molecular flexibility index (Phi) is 3.51. The minimum Gasteiger partial charge on any atom is -0.465 e. The van der Waals surface area contributed by atoms with Crippen LogP contribution in [0.2, 0.25) is 0 Å². The third-order valence-corrected chi connectivity index (χ3v) is 3.10. The van der Waals surface area contributed by atoms with Crippen LogP contribution in [0.15, 0.2) is 24.5 Å². The number of nitro benzene ring substituents is 1. The molecule has 0 saturated heterocycles. The lowest BCUT2D eigenvalue weighted by molar-refractivity contribution is -0.384. The number of carbonyl (C=O) groups excluding carboxylic acids is 1. The van der Waals surface area contributed by atoms with E-state index in [2.05, 4.69) is 9.72 Å². The van der Waals surface area contributed by atoms with Crippen molar-refractivity contribution in [3.8, 4) is 5.69 Å². The maximum Gasteiger partial charge on any atom is 0.337 e. The minimum atomic E-state index is -0.546. The molecule has 20 heavy (non-hydrogen) atoms. The molecule has 0 aliphatic carbocycles. The summed E-state index contributed by atoms with van der Waals surface area (Å²) in [7, 11) is 1.26. The predicted molar refractivity (Wildman–Crippen MR) is 71.0 cm³/mol. The number of rotatable bonds is 3. The number of esters is 1. The van der Waals surface area contributed by atoms with Gasteiger partial charge in [0.15, 0.2) is 0 Å². The number of benzene rings is 1. The van der Waals surface area contributed by atoms with Crippen molar-refractivity contribution >= 4 is 11.7 Å². The first-order valence-electron chi connectivity index (χ1n) is 5.83. The van der Waals surface area contributed by atoms with Crippen LogP contribution in [-0.2, 0) is 4.74 Å². The number of aryl methyl sites for hydroxylation is 1. The number of ether oxygens (including phenoxy) is 1. The second-order valence-electron chi connectivity index (χ2n) is 4.24. The Morgan fingerprint density at radius 1 is 1.40 bits per heavy atom. The van der Waals surface area contributed by atoms with Crippen molar-refractivity contribution in [3.63, 3.8) is 0 Å². The van der Waals surface area contributed by atoms with Gasteiger partial charge in [0.25, 0.3) is 5.69 Å². The number of carbonyl (C=O) groups is 1. The third kappa shape index (κ3) is 2.25. The minimum absolute atomic E-state index is 0.0989. The van der Waals surface area contributed by atoms with E-state index in [1.54, 1.807) is 11.5 Å². The molecule has 7 heteroatoms. The molecule has 0 aliphatic heterocycles. The average molecular weight is 275 g/mol. The highest BCUT2D eigenvalue weighted by atomic mass is 16.6. The number of aromatic nitrogens is 2. The molecule has 2 rings (SSSR count). The molecule has 1 aromatic carbocycles. The summed E-state index contributed by atoms with van der Waals surface area (Å²) in [5, 5.41) is 11.1. The monoisotopic (exact) mass is 275 g/mol. The van der Waals surface area contributed by atoms with Gasteiger partial charge in [-0.15, -0.1) is 0 Å². The van der Waals surface area contributed by atoms with Gasteiger partial charge in [-0.3, -0.25) is 14.7 Å². The molecular formula is C13H13N3O4. The van der Waals surface area contributed by atoms with Crippen LogP contribution in [0.1, 0.15) is 21.7 Å². The van der Waals surface area contributed by atoms with Crippen LogP contribution in [0.25, 0.3) is 5.69 Å². The van der Waals surface area contributed by atoms with Crippen LogP contribution >= 0.6 is 0 Å². The van der Waals surface area contributed by atoms with E-state index in [9.17, 15) is 14.9 Å². The molecule has 0 radical (unpaired) electrons. The van der Waals surface area contributed by atoms with E-state index in [4.69, 9.17) is 0 Å². The number of hydrogen-bond donors (Lipinski definition) is 0. The first-order chi connectivity index (χ1) is 9.45. The highest BCUT2D eigenvalue weighted by molar-refractivity contribution is 5.90. The molecule has 0 amide bonds. The fraction of sp³-hybridized carbons (Fsp3) is 0.231. The lowest BCUT2D eigenvalue weighted by atomic mass is 10.1. The SMILES string of the molecule is COC(=O)c1ccc([N+](=O)[O-])c(-n2cnc(C)c2C)c1. The molecule has 0 aliphatic rings. The summed E-state index contributed by atoms with van der Waals surface area (Å²) in [6.45, 7) is 3.61. The Labute approximate surface area is 115 Å². The molecule has 2 aromatic rings. The van der Waals surface area contributed by atoms with Gasteiger partial charge in [0.2, 0.25) is 0 Å². The van der Waals surface area contributed by atoms with Gasteiger partial charge in [0.05, 0.1) is 29.6 Å². The van der Waals surface area contributed by atoms with Gasteiger partial charge in [-0.2, -0.15) is 0 Å². The van der Waals surface area contributed by atoms with Crippen LogP contribution in [0.5, 0.6) is 0 Å². The third-order valence-electron chi connectivity index (χ3n) is 3.10. The lowest BCUT2D eigenvalue weighted by Crippen LogP contribution is -2.06. The summed E-state index contributed by atoms with van der Waals surface area (Å²) >= 11 is 0. The summed E-state index contributed by atoms with van der Waals surface area (Å²) < 4.78 is 6.21. The predicted octanol–water partition coefficient (Wildman–Crippen LogP) is 2.18. The van der Waals surface area contributed by atoms with E-state index in [0.717, 1.165) is 11.4 Å². The molecule has 7 nitrogen and oxygen atoms in total. The fourth-order valence-electron chi connectivity index (χ4n) is 1.86. The lowest BCUT2D eigenvalue weighted by Gasteiger charge is -2.08. The van der Waals surface area contributed by atoms with Crippen molar-refractivity contribution < 1.29 is 14.5 Å². The number of imidazole rings is 1. The van der Waals surface area contributed by atoms with Gasteiger partial charge in [-0.05, 0) is 26.0 Å². The molecule has 1 heterocycles. The number of nitro groups is 1. The summed E-state index contributed by atoms with van der Waals surface area (Å²) in [4.78, 5) is 26.3. The Morgan fingerprint density at radius 3 is 2.60 bits per heavy atom. The molecule has 0 bridgehead atoms. The van der Waals surface area contributed by atoms with Crippen LogP contribution in [0, 0.1) is 24.0 Å². The topological polar surface area (TPSA) is 87.3 Å². The Hall–Kier alpha value is -2.70. The Balaban J connectivity index is 2.67. The molecule has 0 fully saturated rings. The van der Waals surface area contributed by atoms with E-state index in [-0.39, 0.29) is 16.9 Å². The average Bonchev–Trinajstić information content (AvgIpc) is 2.77. The van der Waals surface area contributed by atoms with Crippen molar-refractivity contribution in [2.45, 2.75) is 13.8 Å². The van der Waals surface area contributed by atoms with Gasteiger partial charge in [0, 0.05) is 11.8 Å². The van der Waals surface area contributed by atoms with E-state index in [0.29, 0.717) is 0 Å². The van der Waals surface area contributed by atoms with Gasteiger partial charge < -0.3 is 4.74 Å². The molecule has 0 N–H and O–H groups in total. The van der Waals surface area contributed by atoms with E-state index < -0.39 is 10.9 Å². The van der Waals surface area contributed by atoms with E-state index in [1.165, 1.54) is 31.6 Å². The first kappa shape index (κ1) is 13.7. The van der Waals surface area contributed by atoms with Gasteiger partial charge in [0.1, 0.15) is 5.69 Å². The normalized spacial score (nSPS) is 10.3. The Morgan fingerprint density at radius 2 is 2.10 bits per heavy atom. The van der Waals surface area contributed by atoms with Gasteiger partial charge >= 0.3 is 5.97 Å². The van der Waals surface area contributed by atoms with Gasteiger partial charge in [-0.25, -0.2) is 9.78 Å². The number of nitrogens with zero attached hydrogens (tertiary/aromatic N) is 3. The van der Waals surface area contributed by atoms with Crippen molar-refractivity contribution in [2.24, 2.45) is 0 Å². The molecule has 104 valence electrons. The van der Waals surface area contributed by atoms with Crippen molar-refractivity contribution in [2.75, 3.05) is 7.11 Å².